The Kier molecular flexibility index (Phi) is 4.43. The number of hydrogen-bond acceptors (Lipinski definition) is 4. The van der Waals surface area contributed by atoms with Gasteiger partial charge in [0, 0.05) is 6.20 Å². The largest absolute Gasteiger partial charge is 0.271 e. The van der Waals surface area contributed by atoms with Crippen LogP contribution in [0.3, 0.4) is 0 Å². The summed E-state index contributed by atoms with van der Waals surface area (Å²) in [5.74, 6) is -0.303. The molecule has 5 nitrogen and oxygen atoms in total. The van der Waals surface area contributed by atoms with Crippen molar-refractivity contribution < 1.29 is 9.18 Å². The number of aromatic nitrogens is 2. The van der Waals surface area contributed by atoms with Gasteiger partial charge in [-0.1, -0.05) is 0 Å². The molecule has 0 bridgehead atoms. The van der Waals surface area contributed by atoms with Gasteiger partial charge in [0.2, 0.25) is 0 Å². The Morgan fingerprint density at radius 3 is 3.05 bits per heavy atom. The van der Waals surface area contributed by atoms with Gasteiger partial charge in [-0.2, -0.15) is 14.6 Å². The Bertz CT molecular complexity index is 602. The molecular formula is C11H10BrFN4OS. The average Bonchev–Trinajstić information content (AvgIpc) is 2.86. The first-order chi connectivity index (χ1) is 9.04. The number of aryl methyl sites for hydroxylation is 1. The van der Waals surface area contributed by atoms with E-state index in [4.69, 9.17) is 0 Å². The van der Waals surface area contributed by atoms with Gasteiger partial charge < -0.3 is 0 Å². The van der Waals surface area contributed by atoms with Crippen molar-refractivity contribution in [2.24, 2.45) is 5.10 Å². The van der Waals surface area contributed by atoms with E-state index in [9.17, 15) is 9.18 Å². The summed E-state index contributed by atoms with van der Waals surface area (Å²) in [6.07, 6.45) is 3.11. The van der Waals surface area contributed by atoms with Gasteiger partial charge in [-0.05, 0) is 35.0 Å². The van der Waals surface area contributed by atoms with Gasteiger partial charge in [-0.25, -0.2) is 5.43 Å². The summed E-state index contributed by atoms with van der Waals surface area (Å²) in [6, 6.07) is 2.93. The summed E-state index contributed by atoms with van der Waals surface area (Å²) in [5.41, 5.74) is 3.17. The summed E-state index contributed by atoms with van der Waals surface area (Å²) in [7, 11) is 0. The fraction of sp³-hybridized carbons (Fsp3) is 0.182. The van der Waals surface area contributed by atoms with E-state index >= 15 is 0 Å². The summed E-state index contributed by atoms with van der Waals surface area (Å²) in [5, 5.41) is 7.59. The highest BCUT2D eigenvalue weighted by atomic mass is 79.9. The second-order valence-corrected chi connectivity index (χ2v) is 5.61. The van der Waals surface area contributed by atoms with Crippen LogP contribution in [0.2, 0.25) is 0 Å². The molecule has 0 aliphatic carbocycles. The van der Waals surface area contributed by atoms with Crippen LogP contribution >= 0.6 is 27.3 Å². The third-order valence-electron chi connectivity index (χ3n) is 2.17. The number of rotatable bonds is 4. The number of hydrogen-bond donors (Lipinski definition) is 1. The topological polar surface area (TPSA) is 59.3 Å². The number of amides is 1. The van der Waals surface area contributed by atoms with Gasteiger partial charge in [-0.3, -0.25) is 9.48 Å². The zero-order valence-electron chi connectivity index (χ0n) is 9.93. The predicted molar refractivity (Wildman–Crippen MR) is 74.7 cm³/mol. The molecule has 0 aliphatic heterocycles. The second-order valence-electron chi connectivity index (χ2n) is 3.70. The van der Waals surface area contributed by atoms with Gasteiger partial charge in [-0.15, -0.1) is 11.3 Å². The lowest BCUT2D eigenvalue weighted by atomic mass is 10.5. The van der Waals surface area contributed by atoms with Crippen LogP contribution in [0.15, 0.2) is 27.9 Å². The third kappa shape index (κ3) is 3.97. The fourth-order valence-electron chi connectivity index (χ4n) is 1.32. The fourth-order valence-corrected chi connectivity index (χ4v) is 2.24. The zero-order valence-corrected chi connectivity index (χ0v) is 12.3. The molecule has 100 valence electrons. The first-order valence-electron chi connectivity index (χ1n) is 5.31. The summed E-state index contributed by atoms with van der Waals surface area (Å²) in [6.45, 7) is 1.91. The summed E-state index contributed by atoms with van der Waals surface area (Å²) in [4.78, 5) is 12.2. The standard InChI is InChI=1S/C11H10BrFN4OS/c1-7-9(12)5-17(16-7)6-11(18)15-14-4-8-2-3-10(13)19-8/h2-5H,6H2,1H3,(H,15,18)/b14-4+. The highest BCUT2D eigenvalue weighted by Crippen LogP contribution is 2.13. The molecule has 0 fully saturated rings. The van der Waals surface area contributed by atoms with Gasteiger partial charge in [0.05, 0.1) is 21.3 Å². The molecule has 0 saturated carbocycles. The van der Waals surface area contributed by atoms with Crippen molar-refractivity contribution in [1.29, 1.82) is 0 Å². The van der Waals surface area contributed by atoms with E-state index in [1.165, 1.54) is 17.0 Å². The molecule has 2 aromatic rings. The van der Waals surface area contributed by atoms with Crippen molar-refractivity contribution in [2.45, 2.75) is 13.5 Å². The molecule has 0 aromatic carbocycles. The monoisotopic (exact) mass is 344 g/mol. The molecule has 2 heterocycles. The van der Waals surface area contributed by atoms with Crippen LogP contribution in [0.25, 0.3) is 0 Å². The van der Waals surface area contributed by atoms with E-state index in [2.05, 4.69) is 31.6 Å². The summed E-state index contributed by atoms with van der Waals surface area (Å²) >= 11 is 4.27. The molecule has 8 heteroatoms. The highest BCUT2D eigenvalue weighted by Gasteiger charge is 2.05. The molecule has 1 amide bonds. The quantitative estimate of drug-likeness (QED) is 0.683. The number of nitrogens with zero attached hydrogens (tertiary/aromatic N) is 3. The van der Waals surface area contributed by atoms with Crippen molar-refractivity contribution >= 4 is 39.4 Å². The molecule has 2 aromatic heterocycles. The number of halogens is 2. The first-order valence-corrected chi connectivity index (χ1v) is 6.92. The number of carbonyl (C=O) groups is 1. The van der Waals surface area contributed by atoms with Crippen molar-refractivity contribution in [3.8, 4) is 0 Å². The molecule has 0 aliphatic rings. The van der Waals surface area contributed by atoms with Crippen molar-refractivity contribution in [3.05, 3.63) is 38.5 Å². The van der Waals surface area contributed by atoms with Crippen LogP contribution < -0.4 is 5.43 Å². The van der Waals surface area contributed by atoms with E-state index < -0.39 is 0 Å². The number of hydrazone groups is 1. The van der Waals surface area contributed by atoms with Gasteiger partial charge in [0.15, 0.2) is 5.13 Å². The molecule has 0 radical (unpaired) electrons. The van der Waals surface area contributed by atoms with Crippen LogP contribution in [0, 0.1) is 12.1 Å². The molecule has 0 spiro atoms. The lowest BCUT2D eigenvalue weighted by Crippen LogP contribution is -2.23. The van der Waals surface area contributed by atoms with Crippen LogP contribution in [0.1, 0.15) is 10.6 Å². The molecule has 0 saturated heterocycles. The summed E-state index contributed by atoms with van der Waals surface area (Å²) < 4.78 is 15.0. The van der Waals surface area contributed by atoms with Gasteiger partial charge in [0.1, 0.15) is 6.54 Å². The average molecular weight is 345 g/mol. The maximum absolute atomic E-state index is 12.7. The SMILES string of the molecule is Cc1nn(CC(=O)N/N=C/c2ccc(F)s2)cc1Br. The van der Waals surface area contributed by atoms with E-state index in [0.29, 0.717) is 4.88 Å². The van der Waals surface area contributed by atoms with Gasteiger partial charge in [0.25, 0.3) is 5.91 Å². The van der Waals surface area contributed by atoms with Crippen LogP contribution in [-0.4, -0.2) is 21.9 Å². The Morgan fingerprint density at radius 2 is 2.47 bits per heavy atom. The lowest BCUT2D eigenvalue weighted by molar-refractivity contribution is -0.121. The molecular weight excluding hydrogens is 335 g/mol. The zero-order chi connectivity index (χ0) is 13.8. The maximum atomic E-state index is 12.7. The third-order valence-corrected chi connectivity index (χ3v) is 3.75. The molecule has 1 N–H and O–H groups in total. The van der Waals surface area contributed by atoms with E-state index in [-0.39, 0.29) is 17.6 Å². The minimum atomic E-state index is -0.303. The maximum Gasteiger partial charge on any atom is 0.261 e. The lowest BCUT2D eigenvalue weighted by Gasteiger charge is -1.99. The molecule has 19 heavy (non-hydrogen) atoms. The number of carbonyl (C=O) groups excluding carboxylic acids is 1. The number of nitrogens with one attached hydrogen (secondary N) is 1. The Morgan fingerprint density at radius 1 is 1.68 bits per heavy atom. The van der Waals surface area contributed by atoms with Crippen molar-refractivity contribution in [2.75, 3.05) is 0 Å². The van der Waals surface area contributed by atoms with E-state index in [1.54, 1.807) is 12.3 Å². The molecule has 0 unspecified atom stereocenters. The molecule has 0 atom stereocenters. The minimum absolute atomic E-state index is 0.0720. The van der Waals surface area contributed by atoms with Crippen LogP contribution in [-0.2, 0) is 11.3 Å². The second kappa shape index (κ2) is 6.07. The minimum Gasteiger partial charge on any atom is -0.271 e. The normalized spacial score (nSPS) is 11.1. The van der Waals surface area contributed by atoms with Crippen molar-refractivity contribution in [3.63, 3.8) is 0 Å². The molecule has 2 rings (SSSR count). The van der Waals surface area contributed by atoms with Crippen LogP contribution in [0.4, 0.5) is 4.39 Å². The first kappa shape index (κ1) is 13.9. The smallest absolute Gasteiger partial charge is 0.261 e. The highest BCUT2D eigenvalue weighted by molar-refractivity contribution is 9.10. The predicted octanol–water partition coefficient (Wildman–Crippen LogP) is 2.30. The Hall–Kier alpha value is -1.54. The Labute approximate surface area is 121 Å². The van der Waals surface area contributed by atoms with E-state index in [0.717, 1.165) is 21.5 Å². The van der Waals surface area contributed by atoms with E-state index in [1.807, 2.05) is 6.92 Å². The number of thiophene rings is 1. The van der Waals surface area contributed by atoms with Crippen LogP contribution in [0.5, 0.6) is 0 Å². The Balaban J connectivity index is 1.86. The van der Waals surface area contributed by atoms with Crippen molar-refractivity contribution in [1.82, 2.24) is 15.2 Å². The van der Waals surface area contributed by atoms with Gasteiger partial charge >= 0.3 is 0 Å².